The Balaban J connectivity index is 0.00000169. The van der Waals surface area contributed by atoms with Gasteiger partial charge in [-0.15, -0.1) is 5.46 Å². The summed E-state index contributed by atoms with van der Waals surface area (Å²) in [7, 11) is 0. The first kappa shape index (κ1) is 14.7. The molecule has 1 aromatic carbocycles. The zero-order valence-electron chi connectivity index (χ0n) is 8.60. The van der Waals surface area contributed by atoms with Crippen molar-refractivity contribution in [2.75, 3.05) is 0 Å². The third kappa shape index (κ3) is 4.06. The van der Waals surface area contributed by atoms with Crippen LogP contribution in [0, 0.1) is 0 Å². The van der Waals surface area contributed by atoms with Gasteiger partial charge in [-0.05, 0) is 11.5 Å². The van der Waals surface area contributed by atoms with Crippen LogP contribution in [-0.4, -0.2) is 6.98 Å². The Hall–Kier alpha value is 0.711. The summed E-state index contributed by atoms with van der Waals surface area (Å²) in [6.45, 7) is -0.936. The first-order valence-corrected chi connectivity index (χ1v) is 4.21. The molecule has 14 heavy (non-hydrogen) atoms. The molecule has 0 aromatic heterocycles. The van der Waals surface area contributed by atoms with E-state index in [0.29, 0.717) is 0 Å². The summed E-state index contributed by atoms with van der Waals surface area (Å²) in [5.41, 5.74) is 0.410. The molecule has 0 bridgehead atoms. The maximum atomic E-state index is 12.2. The second-order valence-corrected chi connectivity index (χ2v) is 3.40. The second-order valence-electron chi connectivity index (χ2n) is 3.40. The molecule has 0 saturated heterocycles. The monoisotopic (exact) mass is 226 g/mol. The van der Waals surface area contributed by atoms with Crippen LogP contribution in [0.2, 0.25) is 0 Å². The number of halogens is 3. The summed E-state index contributed by atoms with van der Waals surface area (Å²) in [5, 5.41) is 0. The predicted octanol–water partition coefficient (Wildman–Crippen LogP) is -0.132. The van der Waals surface area contributed by atoms with Crippen molar-refractivity contribution < 1.29 is 64.3 Å². The van der Waals surface area contributed by atoms with Gasteiger partial charge in [-0.1, -0.05) is 38.1 Å². The van der Waals surface area contributed by atoms with E-state index in [0.717, 1.165) is 17.7 Å². The van der Waals surface area contributed by atoms with E-state index in [1.165, 1.54) is 12.1 Å². The summed E-state index contributed by atoms with van der Waals surface area (Å²) in [4.78, 5) is 0. The van der Waals surface area contributed by atoms with Gasteiger partial charge < -0.3 is 12.9 Å². The van der Waals surface area contributed by atoms with E-state index < -0.39 is 12.4 Å². The fourth-order valence-corrected chi connectivity index (χ4v) is 1.10. The maximum Gasteiger partial charge on any atom is 1.00 e. The Labute approximate surface area is 125 Å². The molecule has 1 rings (SSSR count). The van der Waals surface area contributed by atoms with Crippen LogP contribution < -0.4 is 56.8 Å². The van der Waals surface area contributed by atoms with Crippen molar-refractivity contribution in [2.45, 2.75) is 19.8 Å². The van der Waals surface area contributed by atoms with Crippen LogP contribution in [0.1, 0.15) is 25.3 Å². The average molecular weight is 226 g/mol. The zero-order chi connectivity index (χ0) is 10.1. The van der Waals surface area contributed by atoms with Gasteiger partial charge in [0.2, 0.25) is 0 Å². The molecule has 0 N–H and O–H groups in total. The van der Waals surface area contributed by atoms with E-state index in [4.69, 9.17) is 0 Å². The molecule has 0 aliphatic carbocycles. The van der Waals surface area contributed by atoms with Crippen molar-refractivity contribution in [1.82, 2.24) is 0 Å². The largest absolute Gasteiger partial charge is 1.00 e. The molecule has 0 aliphatic heterocycles. The van der Waals surface area contributed by atoms with Crippen LogP contribution >= 0.6 is 0 Å². The molecule has 5 heteroatoms. The Morgan fingerprint density at radius 1 is 1.00 bits per heavy atom. The SMILES string of the molecule is CC(C)c1ccc([B-](F)(F)F)cc1.[K+]. The third-order valence-corrected chi connectivity index (χ3v) is 1.98. The van der Waals surface area contributed by atoms with Crippen molar-refractivity contribution in [3.63, 3.8) is 0 Å². The van der Waals surface area contributed by atoms with Crippen molar-refractivity contribution in [2.24, 2.45) is 0 Å². The van der Waals surface area contributed by atoms with Gasteiger partial charge in [-0.25, -0.2) is 0 Å². The summed E-state index contributed by atoms with van der Waals surface area (Å²) in [6.07, 6.45) is 0. The van der Waals surface area contributed by atoms with E-state index in [-0.39, 0.29) is 57.3 Å². The Morgan fingerprint density at radius 3 is 1.71 bits per heavy atom. The van der Waals surface area contributed by atoms with Crippen molar-refractivity contribution in [3.05, 3.63) is 29.8 Å². The van der Waals surface area contributed by atoms with Gasteiger partial charge in [0.05, 0.1) is 0 Å². The Morgan fingerprint density at radius 2 is 1.43 bits per heavy atom. The third-order valence-electron chi connectivity index (χ3n) is 1.98. The van der Waals surface area contributed by atoms with E-state index in [2.05, 4.69) is 0 Å². The molecule has 0 nitrogen and oxygen atoms in total. The van der Waals surface area contributed by atoms with E-state index >= 15 is 0 Å². The molecule has 0 spiro atoms. The minimum atomic E-state index is -4.84. The minimum Gasteiger partial charge on any atom is -0.445 e. The molecule has 0 amide bonds. The van der Waals surface area contributed by atoms with Gasteiger partial charge in [0, 0.05) is 0 Å². The van der Waals surface area contributed by atoms with Gasteiger partial charge in [0.25, 0.3) is 0 Å². The molecule has 0 atom stereocenters. The van der Waals surface area contributed by atoms with Crippen LogP contribution in [0.15, 0.2) is 24.3 Å². The van der Waals surface area contributed by atoms with Crippen LogP contribution in [0.25, 0.3) is 0 Å². The molecule has 1 aromatic rings. The van der Waals surface area contributed by atoms with Crippen molar-refractivity contribution in [1.29, 1.82) is 0 Å². The van der Waals surface area contributed by atoms with Crippen LogP contribution in [0.4, 0.5) is 12.9 Å². The van der Waals surface area contributed by atoms with Gasteiger partial charge in [0.15, 0.2) is 0 Å². The smallest absolute Gasteiger partial charge is 0.445 e. The molecule has 72 valence electrons. The van der Waals surface area contributed by atoms with Gasteiger partial charge >= 0.3 is 58.4 Å². The summed E-state index contributed by atoms with van der Waals surface area (Å²) < 4.78 is 36.5. The number of hydrogen-bond acceptors (Lipinski definition) is 0. The molecular formula is C9H11BF3K. The zero-order valence-corrected chi connectivity index (χ0v) is 11.7. The maximum absolute atomic E-state index is 12.2. The first-order chi connectivity index (χ1) is 5.91. The summed E-state index contributed by atoms with van der Waals surface area (Å²) >= 11 is 0. The number of hydrogen-bond donors (Lipinski definition) is 0. The van der Waals surface area contributed by atoms with Crippen LogP contribution in [0.3, 0.4) is 0 Å². The van der Waals surface area contributed by atoms with Gasteiger partial charge in [0.1, 0.15) is 0 Å². The average Bonchev–Trinajstić information content (AvgIpc) is 2.03. The first-order valence-electron chi connectivity index (χ1n) is 4.21. The van der Waals surface area contributed by atoms with Crippen molar-refractivity contribution >= 4 is 12.4 Å². The van der Waals surface area contributed by atoms with E-state index in [1.54, 1.807) is 0 Å². The standard InChI is InChI=1S/C9H11BF3.K/c1-7(2)8-3-5-9(6-4-8)10(11,12)13;/h3-7H,1-2H3;/q-1;+1. The molecule has 0 fully saturated rings. The summed E-state index contributed by atoms with van der Waals surface area (Å²) in [5.74, 6) is 0.273. The minimum absolute atomic E-state index is 0. The number of benzene rings is 1. The van der Waals surface area contributed by atoms with Crippen LogP contribution in [0.5, 0.6) is 0 Å². The molecule has 0 heterocycles. The Kier molecular flexibility index (Phi) is 5.99. The molecule has 0 saturated carbocycles. The van der Waals surface area contributed by atoms with Crippen LogP contribution in [-0.2, 0) is 0 Å². The van der Waals surface area contributed by atoms with Gasteiger partial charge in [-0.3, -0.25) is 0 Å². The second kappa shape index (κ2) is 5.70. The van der Waals surface area contributed by atoms with Crippen molar-refractivity contribution in [3.8, 4) is 0 Å². The molecule has 0 aliphatic rings. The number of rotatable bonds is 2. The summed E-state index contributed by atoms with van der Waals surface area (Å²) in [6, 6.07) is 5.37. The topological polar surface area (TPSA) is 0 Å². The predicted molar refractivity (Wildman–Crippen MR) is 49.2 cm³/mol. The normalized spacial score (nSPS) is 11.3. The quantitative estimate of drug-likeness (QED) is 0.616. The fraction of sp³-hybridized carbons (Fsp3) is 0.333. The Bertz CT molecular complexity index is 279. The van der Waals surface area contributed by atoms with Gasteiger partial charge in [-0.2, -0.15) is 0 Å². The van der Waals surface area contributed by atoms with E-state index in [1.807, 2.05) is 13.8 Å². The molecular weight excluding hydrogens is 215 g/mol. The molecule has 0 unspecified atom stereocenters. The fourth-order valence-electron chi connectivity index (χ4n) is 1.10. The molecule has 0 radical (unpaired) electrons. The van der Waals surface area contributed by atoms with E-state index in [9.17, 15) is 12.9 Å².